The summed E-state index contributed by atoms with van der Waals surface area (Å²) in [6.07, 6.45) is 5.68. The fourth-order valence-corrected chi connectivity index (χ4v) is 2.32. The summed E-state index contributed by atoms with van der Waals surface area (Å²) in [5, 5.41) is 3.57. The van der Waals surface area contributed by atoms with E-state index in [9.17, 15) is 0 Å². The molecule has 1 heteroatoms. The second-order valence-corrected chi connectivity index (χ2v) is 5.53. The van der Waals surface area contributed by atoms with E-state index in [1.54, 1.807) is 5.56 Å². The summed E-state index contributed by atoms with van der Waals surface area (Å²) in [4.78, 5) is 0. The minimum atomic E-state index is 0.882. The summed E-state index contributed by atoms with van der Waals surface area (Å²) in [5.41, 5.74) is 4.50. The van der Waals surface area contributed by atoms with E-state index in [1.165, 1.54) is 43.4 Å². The summed E-state index contributed by atoms with van der Waals surface area (Å²) in [7, 11) is 0. The zero-order valence-corrected chi connectivity index (χ0v) is 10.1. The van der Waals surface area contributed by atoms with Gasteiger partial charge in [-0.2, -0.15) is 0 Å². The van der Waals surface area contributed by atoms with Gasteiger partial charge in [-0.05, 0) is 67.7 Å². The van der Waals surface area contributed by atoms with Crippen LogP contribution < -0.4 is 5.32 Å². The number of benzene rings is 1. The Balaban J connectivity index is 1.59. The topological polar surface area (TPSA) is 12.0 Å². The molecule has 3 rings (SSSR count). The van der Waals surface area contributed by atoms with Gasteiger partial charge in [0.2, 0.25) is 0 Å². The summed E-state index contributed by atoms with van der Waals surface area (Å²) in [6, 6.07) is 7.05. The van der Waals surface area contributed by atoms with Gasteiger partial charge in [-0.15, -0.1) is 0 Å². The van der Waals surface area contributed by atoms with Crippen LogP contribution in [0, 0.1) is 12.8 Å². The van der Waals surface area contributed by atoms with E-state index >= 15 is 0 Å². The highest BCUT2D eigenvalue weighted by Gasteiger charge is 2.23. The Bertz CT molecular complexity index is 375. The van der Waals surface area contributed by atoms with Gasteiger partial charge in [0.05, 0.1) is 0 Å². The maximum atomic E-state index is 3.57. The molecular formula is C15H21N. The van der Waals surface area contributed by atoms with Gasteiger partial charge < -0.3 is 5.32 Å². The molecule has 1 aromatic carbocycles. The molecule has 0 unspecified atom stereocenters. The van der Waals surface area contributed by atoms with Crippen LogP contribution in [0.3, 0.4) is 0 Å². The molecular weight excluding hydrogens is 194 g/mol. The number of rotatable bonds is 5. The van der Waals surface area contributed by atoms with Crippen LogP contribution >= 0.6 is 0 Å². The lowest BCUT2D eigenvalue weighted by molar-refractivity contribution is 0.637. The first kappa shape index (κ1) is 10.3. The van der Waals surface area contributed by atoms with Gasteiger partial charge in [-0.1, -0.05) is 18.2 Å². The van der Waals surface area contributed by atoms with E-state index in [0.717, 1.165) is 18.4 Å². The average molecular weight is 215 g/mol. The van der Waals surface area contributed by atoms with Crippen molar-refractivity contribution < 1.29 is 0 Å². The average Bonchev–Trinajstić information content (AvgIpc) is 3.15. The Kier molecular flexibility index (Phi) is 2.72. The first-order valence-electron chi connectivity index (χ1n) is 6.63. The molecule has 0 aliphatic heterocycles. The molecule has 2 aliphatic rings. The predicted molar refractivity (Wildman–Crippen MR) is 67.6 cm³/mol. The quantitative estimate of drug-likeness (QED) is 0.794. The van der Waals surface area contributed by atoms with Crippen molar-refractivity contribution in [2.45, 2.75) is 45.1 Å². The van der Waals surface area contributed by atoms with E-state index in [4.69, 9.17) is 0 Å². The summed E-state index contributed by atoms with van der Waals surface area (Å²) >= 11 is 0. The zero-order chi connectivity index (χ0) is 11.0. The largest absolute Gasteiger partial charge is 0.312 e. The van der Waals surface area contributed by atoms with Crippen LogP contribution in [0.2, 0.25) is 0 Å². The number of hydrogen-bond acceptors (Lipinski definition) is 1. The van der Waals surface area contributed by atoms with Crippen molar-refractivity contribution in [2.24, 2.45) is 5.92 Å². The lowest BCUT2D eigenvalue weighted by Crippen LogP contribution is -2.16. The molecule has 0 radical (unpaired) electrons. The minimum absolute atomic E-state index is 0.882. The molecule has 0 amide bonds. The molecule has 16 heavy (non-hydrogen) atoms. The fourth-order valence-electron chi connectivity index (χ4n) is 2.32. The van der Waals surface area contributed by atoms with Crippen LogP contribution in [-0.4, -0.2) is 6.54 Å². The highest BCUT2D eigenvalue weighted by Crippen LogP contribution is 2.40. The van der Waals surface area contributed by atoms with Gasteiger partial charge in [0.15, 0.2) is 0 Å². The number of hydrogen-bond donors (Lipinski definition) is 1. The Labute approximate surface area is 98.3 Å². The first-order valence-corrected chi connectivity index (χ1v) is 6.63. The van der Waals surface area contributed by atoms with Crippen molar-refractivity contribution in [1.82, 2.24) is 5.32 Å². The smallest absolute Gasteiger partial charge is 0.0208 e. The number of aryl methyl sites for hydroxylation is 1. The standard InChI is InChI=1S/C15H21N/c1-11-8-14(13-4-5-13)6-7-15(11)10-16-9-12-2-3-12/h6-8,12-13,16H,2-5,9-10H2,1H3. The molecule has 0 saturated heterocycles. The van der Waals surface area contributed by atoms with Gasteiger partial charge in [0.25, 0.3) is 0 Å². The van der Waals surface area contributed by atoms with Crippen LogP contribution in [0.15, 0.2) is 18.2 Å². The zero-order valence-electron chi connectivity index (χ0n) is 10.1. The third-order valence-corrected chi connectivity index (χ3v) is 3.86. The van der Waals surface area contributed by atoms with Crippen molar-refractivity contribution in [2.75, 3.05) is 6.54 Å². The third kappa shape index (κ3) is 2.46. The van der Waals surface area contributed by atoms with E-state index in [1.807, 2.05) is 0 Å². The predicted octanol–water partition coefficient (Wildman–Crippen LogP) is 3.37. The second-order valence-electron chi connectivity index (χ2n) is 5.53. The molecule has 1 aromatic rings. The van der Waals surface area contributed by atoms with Crippen LogP contribution in [0.1, 0.15) is 48.3 Å². The summed E-state index contributed by atoms with van der Waals surface area (Å²) in [6.45, 7) is 4.51. The van der Waals surface area contributed by atoms with Gasteiger partial charge in [-0.3, -0.25) is 0 Å². The maximum absolute atomic E-state index is 3.57. The Morgan fingerprint density at radius 1 is 1.19 bits per heavy atom. The Hall–Kier alpha value is -0.820. The van der Waals surface area contributed by atoms with Crippen LogP contribution in [0.25, 0.3) is 0 Å². The fraction of sp³-hybridized carbons (Fsp3) is 0.600. The van der Waals surface area contributed by atoms with Crippen molar-refractivity contribution in [3.05, 3.63) is 34.9 Å². The van der Waals surface area contributed by atoms with Crippen LogP contribution in [-0.2, 0) is 6.54 Å². The Morgan fingerprint density at radius 3 is 2.62 bits per heavy atom. The van der Waals surface area contributed by atoms with Crippen molar-refractivity contribution in [1.29, 1.82) is 0 Å². The van der Waals surface area contributed by atoms with Crippen LogP contribution in [0.5, 0.6) is 0 Å². The monoisotopic (exact) mass is 215 g/mol. The van der Waals surface area contributed by atoms with Crippen molar-refractivity contribution in [3.8, 4) is 0 Å². The van der Waals surface area contributed by atoms with E-state index in [0.29, 0.717) is 0 Å². The van der Waals surface area contributed by atoms with Gasteiger partial charge in [0, 0.05) is 6.54 Å². The summed E-state index contributed by atoms with van der Waals surface area (Å²) < 4.78 is 0. The van der Waals surface area contributed by atoms with Gasteiger partial charge in [-0.25, -0.2) is 0 Å². The Morgan fingerprint density at radius 2 is 2.00 bits per heavy atom. The highest BCUT2D eigenvalue weighted by molar-refractivity contribution is 5.34. The molecule has 0 aromatic heterocycles. The van der Waals surface area contributed by atoms with Gasteiger partial charge >= 0.3 is 0 Å². The van der Waals surface area contributed by atoms with Crippen molar-refractivity contribution in [3.63, 3.8) is 0 Å². The van der Waals surface area contributed by atoms with E-state index < -0.39 is 0 Å². The third-order valence-electron chi connectivity index (χ3n) is 3.86. The lowest BCUT2D eigenvalue weighted by Gasteiger charge is -2.09. The summed E-state index contributed by atoms with van der Waals surface area (Å²) in [5.74, 6) is 1.86. The molecule has 0 atom stereocenters. The van der Waals surface area contributed by atoms with E-state index in [-0.39, 0.29) is 0 Å². The van der Waals surface area contributed by atoms with Crippen LogP contribution in [0.4, 0.5) is 0 Å². The molecule has 2 aliphatic carbocycles. The molecule has 0 heterocycles. The molecule has 2 fully saturated rings. The normalized spacial score (nSPS) is 20.1. The highest BCUT2D eigenvalue weighted by atomic mass is 14.9. The SMILES string of the molecule is Cc1cc(C2CC2)ccc1CNCC1CC1. The molecule has 2 saturated carbocycles. The first-order chi connectivity index (χ1) is 7.83. The second kappa shape index (κ2) is 4.21. The molecule has 0 bridgehead atoms. The molecule has 1 N–H and O–H groups in total. The molecule has 86 valence electrons. The maximum Gasteiger partial charge on any atom is 0.0208 e. The minimum Gasteiger partial charge on any atom is -0.312 e. The van der Waals surface area contributed by atoms with Gasteiger partial charge in [0.1, 0.15) is 0 Å². The lowest BCUT2D eigenvalue weighted by atomic mass is 10.0. The van der Waals surface area contributed by atoms with Crippen molar-refractivity contribution >= 4 is 0 Å². The molecule has 0 spiro atoms. The van der Waals surface area contributed by atoms with E-state index in [2.05, 4.69) is 30.4 Å². The molecule has 1 nitrogen and oxygen atoms in total. The number of nitrogens with one attached hydrogen (secondary N) is 1.